The van der Waals surface area contributed by atoms with E-state index in [0.717, 1.165) is 22.0 Å². The highest BCUT2D eigenvalue weighted by atomic mass is 32.1. The van der Waals surface area contributed by atoms with E-state index in [1.165, 1.54) is 0 Å². The van der Waals surface area contributed by atoms with E-state index in [2.05, 4.69) is 15.6 Å². The lowest BCUT2D eigenvalue weighted by Crippen LogP contribution is -2.34. The van der Waals surface area contributed by atoms with Crippen molar-refractivity contribution in [3.8, 4) is 5.75 Å². The fourth-order valence-corrected chi connectivity index (χ4v) is 2.51. The number of hydrogen-bond donors (Lipinski definition) is 2. The van der Waals surface area contributed by atoms with E-state index in [1.54, 1.807) is 11.3 Å². The summed E-state index contributed by atoms with van der Waals surface area (Å²) < 4.78 is 5.43. The quantitative estimate of drug-likeness (QED) is 0.862. The molecule has 0 atom stereocenters. The molecular formula is C15H19N3O2S. The number of amides is 2. The number of carbonyl (C=O) groups excluding carboxylic acids is 1. The third kappa shape index (κ3) is 5.07. The molecule has 0 saturated heterocycles. The SMILES string of the molecule is CCOc1cccc(CNC(=O)NCc2nc(C)cs2)c1. The highest BCUT2D eigenvalue weighted by Gasteiger charge is 2.03. The summed E-state index contributed by atoms with van der Waals surface area (Å²) in [6, 6.07) is 7.49. The molecule has 0 aliphatic carbocycles. The first-order valence-corrected chi connectivity index (χ1v) is 7.69. The molecule has 2 aromatic rings. The van der Waals surface area contributed by atoms with Crippen molar-refractivity contribution in [2.75, 3.05) is 6.61 Å². The highest BCUT2D eigenvalue weighted by molar-refractivity contribution is 7.09. The van der Waals surface area contributed by atoms with Gasteiger partial charge in [0.1, 0.15) is 10.8 Å². The predicted molar refractivity (Wildman–Crippen MR) is 83.5 cm³/mol. The normalized spacial score (nSPS) is 10.2. The maximum Gasteiger partial charge on any atom is 0.315 e. The number of nitrogens with one attached hydrogen (secondary N) is 2. The number of aryl methyl sites for hydroxylation is 1. The molecule has 1 aromatic heterocycles. The number of nitrogens with zero attached hydrogens (tertiary/aromatic N) is 1. The molecule has 2 amide bonds. The summed E-state index contributed by atoms with van der Waals surface area (Å²) in [6.07, 6.45) is 0. The van der Waals surface area contributed by atoms with Gasteiger partial charge in [-0.25, -0.2) is 9.78 Å². The van der Waals surface area contributed by atoms with E-state index in [9.17, 15) is 4.79 Å². The molecule has 0 radical (unpaired) electrons. The number of benzene rings is 1. The van der Waals surface area contributed by atoms with Crippen LogP contribution in [0.15, 0.2) is 29.6 Å². The Morgan fingerprint density at radius 1 is 1.33 bits per heavy atom. The smallest absolute Gasteiger partial charge is 0.315 e. The van der Waals surface area contributed by atoms with Gasteiger partial charge in [-0.05, 0) is 31.5 Å². The van der Waals surface area contributed by atoms with Crippen molar-refractivity contribution in [3.63, 3.8) is 0 Å². The molecule has 112 valence electrons. The Morgan fingerprint density at radius 3 is 2.86 bits per heavy atom. The summed E-state index contributed by atoms with van der Waals surface area (Å²) in [4.78, 5) is 16.0. The van der Waals surface area contributed by atoms with Gasteiger partial charge in [0.2, 0.25) is 0 Å². The molecule has 0 aliphatic rings. The second kappa shape index (κ2) is 7.64. The van der Waals surface area contributed by atoms with E-state index < -0.39 is 0 Å². The van der Waals surface area contributed by atoms with Crippen molar-refractivity contribution in [2.45, 2.75) is 26.9 Å². The Bertz CT molecular complexity index is 598. The second-order valence-electron chi connectivity index (χ2n) is 4.50. The number of thiazole rings is 1. The molecule has 21 heavy (non-hydrogen) atoms. The zero-order valence-electron chi connectivity index (χ0n) is 12.2. The van der Waals surface area contributed by atoms with Crippen molar-refractivity contribution >= 4 is 17.4 Å². The van der Waals surface area contributed by atoms with Gasteiger partial charge < -0.3 is 15.4 Å². The first kappa shape index (κ1) is 15.3. The monoisotopic (exact) mass is 305 g/mol. The zero-order valence-corrected chi connectivity index (χ0v) is 13.0. The minimum absolute atomic E-state index is 0.204. The van der Waals surface area contributed by atoms with Gasteiger partial charge in [-0.2, -0.15) is 0 Å². The predicted octanol–water partition coefficient (Wildman–Crippen LogP) is 2.85. The maximum absolute atomic E-state index is 11.7. The lowest BCUT2D eigenvalue weighted by molar-refractivity contribution is 0.240. The van der Waals surface area contributed by atoms with Crippen molar-refractivity contribution in [1.29, 1.82) is 0 Å². The van der Waals surface area contributed by atoms with Gasteiger partial charge in [0.05, 0.1) is 13.2 Å². The van der Waals surface area contributed by atoms with Crippen molar-refractivity contribution in [1.82, 2.24) is 15.6 Å². The summed E-state index contributed by atoms with van der Waals surface area (Å²) >= 11 is 1.54. The summed E-state index contributed by atoms with van der Waals surface area (Å²) in [6.45, 7) is 5.42. The first-order chi connectivity index (χ1) is 10.2. The summed E-state index contributed by atoms with van der Waals surface area (Å²) in [5.41, 5.74) is 1.98. The second-order valence-corrected chi connectivity index (χ2v) is 5.44. The number of aromatic nitrogens is 1. The Kier molecular flexibility index (Phi) is 5.57. The fourth-order valence-electron chi connectivity index (χ4n) is 1.80. The Labute approximate surface area is 128 Å². The van der Waals surface area contributed by atoms with E-state index in [0.29, 0.717) is 19.7 Å². The largest absolute Gasteiger partial charge is 0.494 e. The standard InChI is InChI=1S/C15H19N3O2S/c1-3-20-13-6-4-5-12(7-13)8-16-15(19)17-9-14-18-11(2)10-21-14/h4-7,10H,3,8-9H2,1-2H3,(H2,16,17,19). The van der Waals surface area contributed by atoms with E-state index >= 15 is 0 Å². The van der Waals surface area contributed by atoms with Crippen LogP contribution < -0.4 is 15.4 Å². The van der Waals surface area contributed by atoms with Crippen molar-refractivity contribution < 1.29 is 9.53 Å². The van der Waals surface area contributed by atoms with Crippen molar-refractivity contribution in [3.05, 3.63) is 45.9 Å². The van der Waals surface area contributed by atoms with Crippen LogP contribution in [0.5, 0.6) is 5.75 Å². The third-order valence-corrected chi connectivity index (χ3v) is 3.70. The lowest BCUT2D eigenvalue weighted by atomic mass is 10.2. The maximum atomic E-state index is 11.7. The average molecular weight is 305 g/mol. The van der Waals surface area contributed by atoms with Crippen molar-refractivity contribution in [2.24, 2.45) is 0 Å². The zero-order chi connectivity index (χ0) is 15.1. The van der Waals surface area contributed by atoms with E-state index in [4.69, 9.17) is 4.74 Å². The van der Waals surface area contributed by atoms with Crippen LogP contribution in [-0.4, -0.2) is 17.6 Å². The molecule has 0 fully saturated rings. The number of ether oxygens (including phenoxy) is 1. The minimum atomic E-state index is -0.204. The highest BCUT2D eigenvalue weighted by Crippen LogP contribution is 2.13. The average Bonchev–Trinajstić information content (AvgIpc) is 2.89. The third-order valence-electron chi connectivity index (χ3n) is 2.73. The molecule has 0 unspecified atom stereocenters. The van der Waals surface area contributed by atoms with Crippen LogP contribution in [0.2, 0.25) is 0 Å². The van der Waals surface area contributed by atoms with Crippen LogP contribution in [0, 0.1) is 6.92 Å². The van der Waals surface area contributed by atoms with Gasteiger partial charge in [0.25, 0.3) is 0 Å². The molecule has 0 bridgehead atoms. The van der Waals surface area contributed by atoms with E-state index in [-0.39, 0.29) is 6.03 Å². The molecule has 0 saturated carbocycles. The summed E-state index contributed by atoms with van der Waals surface area (Å²) in [7, 11) is 0. The number of urea groups is 1. The van der Waals surface area contributed by atoms with Gasteiger partial charge in [-0.15, -0.1) is 11.3 Å². The summed E-state index contributed by atoms with van der Waals surface area (Å²) in [5, 5.41) is 8.48. The van der Waals surface area contributed by atoms with Crippen LogP contribution >= 0.6 is 11.3 Å². The Balaban J connectivity index is 1.77. The van der Waals surface area contributed by atoms with E-state index in [1.807, 2.05) is 43.5 Å². The lowest BCUT2D eigenvalue weighted by Gasteiger charge is -2.08. The van der Waals surface area contributed by atoms with Crippen LogP contribution in [0.3, 0.4) is 0 Å². The first-order valence-electron chi connectivity index (χ1n) is 6.82. The number of rotatable bonds is 6. The van der Waals surface area contributed by atoms with Gasteiger partial charge >= 0.3 is 6.03 Å². The molecule has 5 nitrogen and oxygen atoms in total. The van der Waals surface area contributed by atoms with Crippen LogP contribution in [-0.2, 0) is 13.1 Å². The fraction of sp³-hybridized carbons (Fsp3) is 0.333. The van der Waals surface area contributed by atoms with Gasteiger partial charge in [0.15, 0.2) is 0 Å². The Hall–Kier alpha value is -2.08. The van der Waals surface area contributed by atoms with Crippen LogP contribution in [0.25, 0.3) is 0 Å². The number of hydrogen-bond acceptors (Lipinski definition) is 4. The van der Waals surface area contributed by atoms with Crippen LogP contribution in [0.4, 0.5) is 4.79 Å². The molecule has 1 heterocycles. The molecule has 6 heteroatoms. The van der Waals surface area contributed by atoms with Gasteiger partial charge in [0, 0.05) is 17.6 Å². The molecule has 1 aromatic carbocycles. The number of carbonyl (C=O) groups is 1. The molecule has 0 aliphatic heterocycles. The topological polar surface area (TPSA) is 63.2 Å². The van der Waals surface area contributed by atoms with Gasteiger partial charge in [-0.1, -0.05) is 12.1 Å². The molecule has 0 spiro atoms. The minimum Gasteiger partial charge on any atom is -0.494 e. The molecular weight excluding hydrogens is 286 g/mol. The van der Waals surface area contributed by atoms with Crippen LogP contribution in [0.1, 0.15) is 23.2 Å². The molecule has 2 rings (SSSR count). The van der Waals surface area contributed by atoms with Gasteiger partial charge in [-0.3, -0.25) is 0 Å². The molecule has 2 N–H and O–H groups in total. The Morgan fingerprint density at radius 2 is 2.14 bits per heavy atom. The summed E-state index contributed by atoms with van der Waals surface area (Å²) in [5.74, 6) is 0.815.